The molecule has 0 saturated carbocycles. The van der Waals surface area contributed by atoms with Crippen LogP contribution in [0.2, 0.25) is 0 Å². The minimum absolute atomic E-state index is 0.0746. The van der Waals surface area contributed by atoms with E-state index in [2.05, 4.69) is 16.8 Å². The third-order valence-corrected chi connectivity index (χ3v) is 4.40. The highest BCUT2D eigenvalue weighted by molar-refractivity contribution is 6.13. The van der Waals surface area contributed by atoms with Crippen LogP contribution in [0.4, 0.5) is 4.39 Å². The van der Waals surface area contributed by atoms with E-state index in [0.29, 0.717) is 16.8 Å². The molecule has 1 aromatic heterocycles. The molecule has 3 rings (SSSR count). The number of carbonyl (C=O) groups is 2. The lowest BCUT2D eigenvalue weighted by Crippen LogP contribution is -2.27. The average molecular weight is 377 g/mol. The topological polar surface area (TPSA) is 83.3 Å². The first kappa shape index (κ1) is 19.1. The Morgan fingerprint density at radius 1 is 1.32 bits per heavy atom. The van der Waals surface area contributed by atoms with Gasteiger partial charge in [0.1, 0.15) is 23.6 Å². The van der Waals surface area contributed by atoms with Gasteiger partial charge in [0.05, 0.1) is 31.5 Å². The number of rotatable bonds is 4. The number of nitrogens with zero attached hydrogens (tertiary/aromatic N) is 3. The molecule has 0 radical (unpaired) electrons. The molecule has 0 aliphatic carbocycles. The lowest BCUT2D eigenvalue weighted by atomic mass is 9.94. The summed E-state index contributed by atoms with van der Waals surface area (Å²) < 4.78 is 20.0. The first-order valence-electron chi connectivity index (χ1n) is 8.45. The molecule has 0 bridgehead atoms. The average Bonchev–Trinajstić information content (AvgIpc) is 2.95. The molecule has 6 nitrogen and oxygen atoms in total. The molecular formula is C21H16FN3O3. The van der Waals surface area contributed by atoms with Crippen molar-refractivity contribution in [1.29, 1.82) is 5.26 Å². The lowest BCUT2D eigenvalue weighted by Gasteiger charge is -2.17. The third-order valence-electron chi connectivity index (χ3n) is 4.40. The van der Waals surface area contributed by atoms with Crippen LogP contribution in [0.25, 0.3) is 0 Å². The maximum absolute atomic E-state index is 14.7. The molecule has 28 heavy (non-hydrogen) atoms. The predicted molar refractivity (Wildman–Crippen MR) is 97.6 cm³/mol. The van der Waals surface area contributed by atoms with E-state index in [1.807, 2.05) is 6.07 Å². The van der Waals surface area contributed by atoms with Crippen LogP contribution in [-0.4, -0.2) is 35.2 Å². The Balaban J connectivity index is 1.91. The van der Waals surface area contributed by atoms with Crippen LogP contribution in [0.5, 0.6) is 5.75 Å². The summed E-state index contributed by atoms with van der Waals surface area (Å²) in [6.07, 6.45) is 1.39. The highest BCUT2D eigenvalue weighted by Crippen LogP contribution is 2.36. The van der Waals surface area contributed by atoms with Crippen LogP contribution in [0, 0.1) is 29.0 Å². The van der Waals surface area contributed by atoms with Gasteiger partial charge in [-0.1, -0.05) is 5.92 Å². The van der Waals surface area contributed by atoms with E-state index in [9.17, 15) is 14.0 Å². The van der Waals surface area contributed by atoms with Crippen molar-refractivity contribution in [3.8, 4) is 23.7 Å². The van der Waals surface area contributed by atoms with Gasteiger partial charge in [-0.2, -0.15) is 5.26 Å². The minimum Gasteiger partial charge on any atom is -0.496 e. The van der Waals surface area contributed by atoms with E-state index in [4.69, 9.17) is 10.00 Å². The number of amides is 1. The summed E-state index contributed by atoms with van der Waals surface area (Å²) in [4.78, 5) is 30.8. The molecule has 1 aromatic carbocycles. The number of methoxy groups -OCH3 is 1. The Kier molecular flexibility index (Phi) is 5.37. The molecular weight excluding hydrogens is 361 g/mol. The summed E-state index contributed by atoms with van der Waals surface area (Å²) in [7, 11) is 1.35. The van der Waals surface area contributed by atoms with E-state index in [-0.39, 0.29) is 24.4 Å². The first-order valence-corrected chi connectivity index (χ1v) is 8.45. The summed E-state index contributed by atoms with van der Waals surface area (Å²) in [6.45, 7) is 1.57. The molecule has 140 valence electrons. The van der Waals surface area contributed by atoms with E-state index in [1.54, 1.807) is 19.1 Å². The smallest absolute Gasteiger partial charge is 0.238 e. The highest BCUT2D eigenvalue weighted by Gasteiger charge is 2.43. The molecule has 1 fully saturated rings. The molecule has 2 aromatic rings. The van der Waals surface area contributed by atoms with E-state index in [1.165, 1.54) is 30.3 Å². The monoisotopic (exact) mass is 377 g/mol. The van der Waals surface area contributed by atoms with Crippen LogP contribution in [0.1, 0.15) is 35.2 Å². The van der Waals surface area contributed by atoms with Crippen molar-refractivity contribution in [2.24, 2.45) is 0 Å². The molecule has 1 unspecified atom stereocenters. The maximum Gasteiger partial charge on any atom is 0.238 e. The summed E-state index contributed by atoms with van der Waals surface area (Å²) in [5, 5.41) is 8.82. The quantitative estimate of drug-likeness (QED) is 0.602. The van der Waals surface area contributed by atoms with Gasteiger partial charge in [-0.25, -0.2) is 4.39 Å². The fourth-order valence-electron chi connectivity index (χ4n) is 3.13. The zero-order valence-corrected chi connectivity index (χ0v) is 15.3. The molecule has 7 heteroatoms. The van der Waals surface area contributed by atoms with Gasteiger partial charge in [0.15, 0.2) is 5.78 Å². The van der Waals surface area contributed by atoms with Gasteiger partial charge in [-0.05, 0) is 31.2 Å². The number of ketones is 1. The Hall–Kier alpha value is -3.71. The van der Waals surface area contributed by atoms with Crippen molar-refractivity contribution < 1.29 is 18.7 Å². The number of pyridine rings is 1. The standard InChI is InChI=1S/C21H16FN3O3/c1-3-4-13-7-16(22)19(18(8-13)28-2)20-17(26)12-25(21(20)27)11-15-6-5-14(9-23)10-24-15/h5-8,10,20H,11-12H2,1-2H3. The molecule has 1 amide bonds. The summed E-state index contributed by atoms with van der Waals surface area (Å²) in [6, 6.07) is 7.87. The Labute approximate surface area is 161 Å². The third kappa shape index (κ3) is 3.56. The van der Waals surface area contributed by atoms with Crippen LogP contribution >= 0.6 is 0 Å². The van der Waals surface area contributed by atoms with E-state index in [0.717, 1.165) is 0 Å². The zero-order valence-electron chi connectivity index (χ0n) is 15.3. The highest BCUT2D eigenvalue weighted by atomic mass is 19.1. The van der Waals surface area contributed by atoms with Gasteiger partial charge in [-0.3, -0.25) is 14.6 Å². The van der Waals surface area contributed by atoms with Gasteiger partial charge < -0.3 is 9.64 Å². The maximum atomic E-state index is 14.7. The number of halogens is 1. The molecule has 2 heterocycles. The normalized spacial score (nSPS) is 15.8. The SMILES string of the molecule is CC#Cc1cc(F)c(C2C(=O)CN(Cc3ccc(C#N)cn3)C2=O)c(OC)c1. The van der Waals surface area contributed by atoms with E-state index >= 15 is 0 Å². The molecule has 1 saturated heterocycles. The molecule has 1 aliphatic heterocycles. The molecule has 0 spiro atoms. The van der Waals surface area contributed by atoms with Gasteiger partial charge >= 0.3 is 0 Å². The second kappa shape index (κ2) is 7.89. The number of likely N-dealkylation sites (tertiary alicyclic amines) is 1. The van der Waals surface area contributed by atoms with Crippen LogP contribution in [0.15, 0.2) is 30.5 Å². The number of benzene rings is 1. The number of hydrogen-bond acceptors (Lipinski definition) is 5. The van der Waals surface area contributed by atoms with Gasteiger partial charge in [-0.15, -0.1) is 5.92 Å². The van der Waals surface area contributed by atoms with Crippen LogP contribution in [-0.2, 0) is 16.1 Å². The van der Waals surface area contributed by atoms with Crippen molar-refractivity contribution in [2.45, 2.75) is 19.4 Å². The molecule has 0 N–H and O–H groups in total. The number of ether oxygens (including phenoxy) is 1. The van der Waals surface area contributed by atoms with Crippen molar-refractivity contribution in [1.82, 2.24) is 9.88 Å². The second-order valence-electron chi connectivity index (χ2n) is 6.19. The number of aromatic nitrogens is 1. The van der Waals surface area contributed by atoms with Gasteiger partial charge in [0.2, 0.25) is 5.91 Å². The summed E-state index contributed by atoms with van der Waals surface area (Å²) in [5.41, 5.74) is 1.25. The van der Waals surface area contributed by atoms with Crippen molar-refractivity contribution in [3.63, 3.8) is 0 Å². The Bertz CT molecular complexity index is 1050. The minimum atomic E-state index is -1.27. The van der Waals surface area contributed by atoms with Crippen molar-refractivity contribution in [3.05, 3.63) is 58.7 Å². The van der Waals surface area contributed by atoms with Crippen molar-refractivity contribution in [2.75, 3.05) is 13.7 Å². The summed E-state index contributed by atoms with van der Waals surface area (Å²) in [5.74, 6) is 2.62. The molecule has 1 atom stereocenters. The largest absolute Gasteiger partial charge is 0.496 e. The predicted octanol–water partition coefficient (Wildman–Crippen LogP) is 2.17. The second-order valence-corrected chi connectivity index (χ2v) is 6.19. The van der Waals surface area contributed by atoms with Gasteiger partial charge in [0.25, 0.3) is 0 Å². The first-order chi connectivity index (χ1) is 13.5. The fraction of sp³-hybridized carbons (Fsp3) is 0.238. The van der Waals surface area contributed by atoms with Crippen LogP contribution < -0.4 is 4.74 Å². The number of hydrogen-bond donors (Lipinski definition) is 0. The summed E-state index contributed by atoms with van der Waals surface area (Å²) >= 11 is 0. The van der Waals surface area contributed by atoms with E-state index < -0.39 is 23.4 Å². The zero-order chi connectivity index (χ0) is 20.3. The Morgan fingerprint density at radius 3 is 2.71 bits per heavy atom. The molecule has 1 aliphatic rings. The van der Waals surface area contributed by atoms with Crippen LogP contribution in [0.3, 0.4) is 0 Å². The van der Waals surface area contributed by atoms with Crippen molar-refractivity contribution >= 4 is 11.7 Å². The van der Waals surface area contributed by atoms with Gasteiger partial charge in [0, 0.05) is 17.3 Å². The Morgan fingerprint density at radius 2 is 2.11 bits per heavy atom. The fourth-order valence-corrected chi connectivity index (χ4v) is 3.13. The number of nitriles is 1. The lowest BCUT2D eigenvalue weighted by molar-refractivity contribution is -0.130. The number of carbonyl (C=O) groups excluding carboxylic acids is 2. The number of Topliss-reactive ketones (excluding diaryl/α,β-unsaturated/α-hetero) is 1.